The van der Waals surface area contributed by atoms with Gasteiger partial charge in [0.25, 0.3) is 6.43 Å². The first-order chi connectivity index (χ1) is 13.3. The topological polar surface area (TPSA) is 79.7 Å². The normalized spacial score (nSPS) is 22.5. The van der Waals surface area contributed by atoms with Crippen molar-refractivity contribution in [2.45, 2.75) is 38.3 Å². The van der Waals surface area contributed by atoms with E-state index in [1.54, 1.807) is 16.7 Å². The van der Waals surface area contributed by atoms with Gasteiger partial charge in [-0.2, -0.15) is 5.10 Å². The third-order valence-corrected chi connectivity index (χ3v) is 5.75. The van der Waals surface area contributed by atoms with Crippen molar-refractivity contribution in [3.8, 4) is 0 Å². The van der Waals surface area contributed by atoms with Crippen molar-refractivity contribution in [1.29, 1.82) is 0 Å². The molecule has 0 unspecified atom stereocenters. The number of amides is 3. The van der Waals surface area contributed by atoms with E-state index in [0.29, 0.717) is 45.0 Å². The Bertz CT molecular complexity index is 754. The predicted molar refractivity (Wildman–Crippen MR) is 94.9 cm³/mol. The zero-order valence-electron chi connectivity index (χ0n) is 15.9. The number of likely N-dealkylation sites (tertiary alicyclic amines) is 2. The second kappa shape index (κ2) is 7.31. The van der Waals surface area contributed by atoms with Crippen molar-refractivity contribution in [3.63, 3.8) is 0 Å². The molecule has 1 N–H and O–H groups in total. The molecule has 0 radical (unpaired) electrons. The molecule has 3 amide bonds. The third kappa shape index (κ3) is 3.69. The van der Waals surface area contributed by atoms with Crippen LogP contribution in [-0.4, -0.2) is 76.5 Å². The summed E-state index contributed by atoms with van der Waals surface area (Å²) in [5.74, 6) is 0.0748. The molecule has 4 rings (SSSR count). The maximum Gasteiger partial charge on any atom is 0.320 e. The fourth-order valence-electron chi connectivity index (χ4n) is 4.34. The number of carbonyl (C=O) groups is 2. The molecular weight excluding hydrogens is 372 g/mol. The average Bonchev–Trinajstić information content (AvgIpc) is 3.00. The fourth-order valence-corrected chi connectivity index (χ4v) is 4.34. The van der Waals surface area contributed by atoms with Gasteiger partial charge in [0.15, 0.2) is 0 Å². The van der Waals surface area contributed by atoms with Gasteiger partial charge >= 0.3 is 6.03 Å². The summed E-state index contributed by atoms with van der Waals surface area (Å²) in [7, 11) is 0. The zero-order chi connectivity index (χ0) is 19.9. The molecule has 0 saturated carbocycles. The van der Waals surface area contributed by atoms with Gasteiger partial charge in [-0.05, 0) is 31.7 Å². The highest BCUT2D eigenvalue weighted by Crippen LogP contribution is 2.28. The van der Waals surface area contributed by atoms with Crippen LogP contribution in [0.1, 0.15) is 30.7 Å². The number of ether oxygens (including phenoxy) is 1. The first-order valence-corrected chi connectivity index (χ1v) is 9.60. The molecule has 3 saturated heterocycles. The number of nitrogens with zero attached hydrogens (tertiary/aromatic N) is 4. The SMILES string of the molecule is Cc1cc(C(F)F)n(CC2CCN(C(=O)N3CC4(COCC(=O)N4)C3)CC2)n1. The van der Waals surface area contributed by atoms with E-state index in [9.17, 15) is 18.4 Å². The number of alkyl halides is 2. The molecule has 0 atom stereocenters. The van der Waals surface area contributed by atoms with Crippen LogP contribution >= 0.6 is 0 Å². The molecule has 3 aliphatic rings. The standard InChI is InChI=1S/C18H25F2N5O3/c1-12-6-14(16(19)20)25(22-12)7-13-2-4-23(5-3-13)17(27)24-9-18(10-24)11-28-8-15(26)21-18/h6,13,16H,2-5,7-11H2,1H3,(H,21,26). The maximum atomic E-state index is 13.1. The van der Waals surface area contributed by atoms with Crippen molar-refractivity contribution in [2.75, 3.05) is 39.4 Å². The van der Waals surface area contributed by atoms with Gasteiger partial charge in [-0.25, -0.2) is 13.6 Å². The van der Waals surface area contributed by atoms with Crippen molar-refractivity contribution in [1.82, 2.24) is 24.9 Å². The number of morpholine rings is 1. The predicted octanol–water partition coefficient (Wildman–Crippen LogP) is 1.16. The quantitative estimate of drug-likeness (QED) is 0.830. The van der Waals surface area contributed by atoms with E-state index >= 15 is 0 Å². The first kappa shape index (κ1) is 19.1. The van der Waals surface area contributed by atoms with E-state index < -0.39 is 12.0 Å². The van der Waals surface area contributed by atoms with Crippen LogP contribution in [0.3, 0.4) is 0 Å². The molecule has 1 aromatic heterocycles. The number of urea groups is 1. The zero-order valence-corrected chi connectivity index (χ0v) is 15.9. The van der Waals surface area contributed by atoms with Gasteiger partial charge in [-0.1, -0.05) is 0 Å². The summed E-state index contributed by atoms with van der Waals surface area (Å²) < 4.78 is 32.9. The van der Waals surface area contributed by atoms with E-state index in [4.69, 9.17) is 4.74 Å². The van der Waals surface area contributed by atoms with Crippen LogP contribution in [0.2, 0.25) is 0 Å². The van der Waals surface area contributed by atoms with E-state index in [2.05, 4.69) is 10.4 Å². The lowest BCUT2D eigenvalue weighted by molar-refractivity contribution is -0.141. The Morgan fingerprint density at radius 3 is 2.71 bits per heavy atom. The number of rotatable bonds is 3. The van der Waals surface area contributed by atoms with Crippen molar-refractivity contribution >= 4 is 11.9 Å². The van der Waals surface area contributed by atoms with E-state index in [1.807, 2.05) is 0 Å². The summed E-state index contributed by atoms with van der Waals surface area (Å²) in [5.41, 5.74) is 0.111. The summed E-state index contributed by atoms with van der Waals surface area (Å²) in [6.07, 6.45) is -1.02. The number of halogens is 2. The highest BCUT2D eigenvalue weighted by atomic mass is 19.3. The molecular formula is C18H25F2N5O3. The minimum Gasteiger partial charge on any atom is -0.369 e. The Labute approximate surface area is 161 Å². The molecule has 3 fully saturated rings. The number of piperidine rings is 1. The van der Waals surface area contributed by atoms with Gasteiger partial charge in [0.1, 0.15) is 12.3 Å². The van der Waals surface area contributed by atoms with Crippen LogP contribution in [-0.2, 0) is 16.1 Å². The van der Waals surface area contributed by atoms with Crippen LogP contribution in [0.25, 0.3) is 0 Å². The molecule has 4 heterocycles. The molecule has 1 spiro atoms. The Hall–Kier alpha value is -2.23. The molecule has 28 heavy (non-hydrogen) atoms. The monoisotopic (exact) mass is 397 g/mol. The summed E-state index contributed by atoms with van der Waals surface area (Å²) in [6, 6.07) is 1.39. The molecule has 3 aliphatic heterocycles. The molecule has 154 valence electrons. The molecule has 10 heteroatoms. The van der Waals surface area contributed by atoms with Crippen LogP contribution in [0.15, 0.2) is 6.07 Å². The van der Waals surface area contributed by atoms with Gasteiger partial charge in [0, 0.05) is 32.7 Å². The molecule has 0 bridgehead atoms. The summed E-state index contributed by atoms with van der Waals surface area (Å²) in [5, 5.41) is 7.11. The van der Waals surface area contributed by atoms with Crippen LogP contribution < -0.4 is 5.32 Å². The number of hydrogen-bond donors (Lipinski definition) is 1. The fraction of sp³-hybridized carbons (Fsp3) is 0.722. The van der Waals surface area contributed by atoms with Gasteiger partial charge in [0.05, 0.1) is 17.8 Å². The van der Waals surface area contributed by atoms with Gasteiger partial charge in [0.2, 0.25) is 5.91 Å². The Kier molecular flexibility index (Phi) is 4.98. The lowest BCUT2D eigenvalue weighted by Crippen LogP contribution is -2.76. The summed E-state index contributed by atoms with van der Waals surface area (Å²) in [4.78, 5) is 27.7. The van der Waals surface area contributed by atoms with E-state index in [-0.39, 0.29) is 30.2 Å². The summed E-state index contributed by atoms with van der Waals surface area (Å²) in [6.45, 7) is 4.78. The maximum absolute atomic E-state index is 13.1. The highest BCUT2D eigenvalue weighted by Gasteiger charge is 2.49. The highest BCUT2D eigenvalue weighted by molar-refractivity contribution is 5.81. The van der Waals surface area contributed by atoms with E-state index in [1.165, 1.54) is 10.7 Å². The first-order valence-electron chi connectivity index (χ1n) is 9.60. The lowest BCUT2D eigenvalue weighted by atomic mass is 9.89. The Morgan fingerprint density at radius 2 is 2.07 bits per heavy atom. The molecule has 0 aromatic carbocycles. The average molecular weight is 397 g/mol. The number of nitrogens with one attached hydrogen (secondary N) is 1. The number of aromatic nitrogens is 2. The molecule has 1 aromatic rings. The lowest BCUT2D eigenvalue weighted by Gasteiger charge is -2.52. The second-order valence-electron chi connectivity index (χ2n) is 8.08. The second-order valence-corrected chi connectivity index (χ2v) is 8.08. The van der Waals surface area contributed by atoms with E-state index in [0.717, 1.165) is 12.8 Å². The molecule has 0 aliphatic carbocycles. The van der Waals surface area contributed by atoms with Crippen LogP contribution in [0, 0.1) is 12.8 Å². The van der Waals surface area contributed by atoms with Crippen LogP contribution in [0.4, 0.5) is 13.6 Å². The summed E-state index contributed by atoms with van der Waals surface area (Å²) >= 11 is 0. The third-order valence-electron chi connectivity index (χ3n) is 5.75. The number of hydrogen-bond acceptors (Lipinski definition) is 4. The van der Waals surface area contributed by atoms with Gasteiger partial charge in [-0.3, -0.25) is 9.48 Å². The number of aryl methyl sites for hydroxylation is 1. The minimum absolute atomic E-state index is 0.0351. The minimum atomic E-state index is -2.54. The smallest absolute Gasteiger partial charge is 0.320 e. The largest absolute Gasteiger partial charge is 0.369 e. The molecule has 8 nitrogen and oxygen atoms in total. The van der Waals surface area contributed by atoms with Crippen molar-refractivity contribution in [2.24, 2.45) is 5.92 Å². The Balaban J connectivity index is 1.27. The van der Waals surface area contributed by atoms with Gasteiger partial charge < -0.3 is 19.9 Å². The number of carbonyl (C=O) groups excluding carboxylic acids is 2. The van der Waals surface area contributed by atoms with Crippen LogP contribution in [0.5, 0.6) is 0 Å². The van der Waals surface area contributed by atoms with Crippen molar-refractivity contribution in [3.05, 3.63) is 17.5 Å². The van der Waals surface area contributed by atoms with Crippen molar-refractivity contribution < 1.29 is 23.1 Å². The van der Waals surface area contributed by atoms with Gasteiger partial charge in [-0.15, -0.1) is 0 Å². The Morgan fingerprint density at radius 1 is 1.36 bits per heavy atom.